The van der Waals surface area contributed by atoms with Crippen LogP contribution in [-0.4, -0.2) is 37.5 Å². The van der Waals surface area contributed by atoms with Gasteiger partial charge in [-0.25, -0.2) is 0 Å². The largest absolute Gasteiger partial charge is 0.482 e. The molecule has 7 heteroatoms. The molecule has 1 N–H and O–H groups in total. The Morgan fingerprint density at radius 3 is 2.63 bits per heavy atom. The molecule has 1 aliphatic heterocycles. The van der Waals surface area contributed by atoms with Crippen LogP contribution in [0.1, 0.15) is 12.0 Å². The SMILES string of the molecule is O=C(CCN1C(=O)COc2ccccc21)NCC(=O)OCc1ccccc1. The molecule has 0 atom stereocenters. The highest BCUT2D eigenvalue weighted by Gasteiger charge is 2.25. The van der Waals surface area contributed by atoms with Gasteiger partial charge in [0.2, 0.25) is 5.91 Å². The van der Waals surface area contributed by atoms with Gasteiger partial charge >= 0.3 is 5.97 Å². The first-order valence-electron chi connectivity index (χ1n) is 8.62. The van der Waals surface area contributed by atoms with E-state index in [4.69, 9.17) is 9.47 Å². The minimum Gasteiger partial charge on any atom is -0.482 e. The van der Waals surface area contributed by atoms with Gasteiger partial charge in [0.05, 0.1) is 5.69 Å². The van der Waals surface area contributed by atoms with Gasteiger partial charge in [0.15, 0.2) is 6.61 Å². The Hall–Kier alpha value is -3.35. The Balaban J connectivity index is 1.42. The topological polar surface area (TPSA) is 84.9 Å². The maximum atomic E-state index is 12.1. The summed E-state index contributed by atoms with van der Waals surface area (Å²) in [5.41, 5.74) is 1.52. The number of nitrogens with zero attached hydrogens (tertiary/aromatic N) is 1. The number of carbonyl (C=O) groups excluding carboxylic acids is 3. The number of hydrogen-bond donors (Lipinski definition) is 1. The van der Waals surface area contributed by atoms with Gasteiger partial charge in [0, 0.05) is 13.0 Å². The second-order valence-electron chi connectivity index (χ2n) is 5.97. The molecule has 3 rings (SSSR count). The molecule has 2 aromatic rings. The van der Waals surface area contributed by atoms with Crippen LogP contribution >= 0.6 is 0 Å². The van der Waals surface area contributed by atoms with E-state index in [0.717, 1.165) is 5.56 Å². The highest BCUT2D eigenvalue weighted by atomic mass is 16.5. The average molecular weight is 368 g/mol. The molecule has 7 nitrogen and oxygen atoms in total. The number of rotatable bonds is 7. The molecule has 1 heterocycles. The summed E-state index contributed by atoms with van der Waals surface area (Å²) >= 11 is 0. The first-order valence-corrected chi connectivity index (χ1v) is 8.62. The van der Waals surface area contributed by atoms with Gasteiger partial charge in [-0.3, -0.25) is 14.4 Å². The fourth-order valence-electron chi connectivity index (χ4n) is 2.66. The van der Waals surface area contributed by atoms with Crippen molar-refractivity contribution in [1.29, 1.82) is 0 Å². The van der Waals surface area contributed by atoms with Crippen molar-refractivity contribution >= 4 is 23.5 Å². The molecule has 0 saturated heterocycles. The number of para-hydroxylation sites is 2. The van der Waals surface area contributed by atoms with Gasteiger partial charge in [-0.2, -0.15) is 0 Å². The summed E-state index contributed by atoms with van der Waals surface area (Å²) in [5, 5.41) is 2.51. The maximum absolute atomic E-state index is 12.1. The number of carbonyl (C=O) groups is 3. The van der Waals surface area contributed by atoms with Crippen LogP contribution in [0, 0.1) is 0 Å². The molecule has 1 aliphatic rings. The Kier molecular flexibility index (Phi) is 6.04. The van der Waals surface area contributed by atoms with Gasteiger partial charge in [-0.1, -0.05) is 42.5 Å². The van der Waals surface area contributed by atoms with Crippen molar-refractivity contribution in [2.75, 3.05) is 24.6 Å². The lowest BCUT2D eigenvalue weighted by Crippen LogP contribution is -2.41. The lowest BCUT2D eigenvalue weighted by Gasteiger charge is -2.29. The highest BCUT2D eigenvalue weighted by Crippen LogP contribution is 2.31. The van der Waals surface area contributed by atoms with Crippen molar-refractivity contribution in [3.8, 4) is 5.75 Å². The lowest BCUT2D eigenvalue weighted by molar-refractivity contribution is -0.145. The molecular formula is C20H20N2O5. The number of esters is 1. The molecular weight excluding hydrogens is 348 g/mol. The molecule has 140 valence electrons. The number of fused-ring (bicyclic) bond motifs is 1. The Bertz CT molecular complexity index is 822. The van der Waals surface area contributed by atoms with Gasteiger partial charge in [-0.05, 0) is 17.7 Å². The van der Waals surface area contributed by atoms with E-state index < -0.39 is 5.97 Å². The Morgan fingerprint density at radius 2 is 1.81 bits per heavy atom. The lowest BCUT2D eigenvalue weighted by atomic mass is 10.2. The Morgan fingerprint density at radius 1 is 1.07 bits per heavy atom. The zero-order valence-corrected chi connectivity index (χ0v) is 14.7. The summed E-state index contributed by atoms with van der Waals surface area (Å²) in [6.07, 6.45) is 0.0754. The molecule has 0 spiro atoms. The predicted molar refractivity (Wildman–Crippen MR) is 98.2 cm³/mol. The van der Waals surface area contributed by atoms with E-state index in [-0.39, 0.29) is 44.5 Å². The van der Waals surface area contributed by atoms with E-state index in [0.29, 0.717) is 11.4 Å². The van der Waals surface area contributed by atoms with Gasteiger partial charge in [-0.15, -0.1) is 0 Å². The fourth-order valence-corrected chi connectivity index (χ4v) is 2.66. The van der Waals surface area contributed by atoms with E-state index >= 15 is 0 Å². The van der Waals surface area contributed by atoms with Crippen molar-refractivity contribution in [3.63, 3.8) is 0 Å². The van der Waals surface area contributed by atoms with Crippen LogP contribution in [0.3, 0.4) is 0 Å². The molecule has 0 aromatic heterocycles. The molecule has 0 bridgehead atoms. The van der Waals surface area contributed by atoms with Crippen LogP contribution < -0.4 is 15.0 Å². The van der Waals surface area contributed by atoms with Crippen LogP contribution in [0.4, 0.5) is 5.69 Å². The monoisotopic (exact) mass is 368 g/mol. The predicted octanol–water partition coefficient (Wildman–Crippen LogP) is 1.66. The zero-order chi connectivity index (χ0) is 19.1. The molecule has 0 unspecified atom stereocenters. The van der Waals surface area contributed by atoms with Crippen LogP contribution in [-0.2, 0) is 25.7 Å². The normalized spacial score (nSPS) is 12.7. The summed E-state index contributed by atoms with van der Waals surface area (Å²) in [4.78, 5) is 37.3. The second kappa shape index (κ2) is 8.84. The fraction of sp³-hybridized carbons (Fsp3) is 0.250. The summed E-state index contributed by atoms with van der Waals surface area (Å²) in [5.74, 6) is -0.436. The average Bonchev–Trinajstić information content (AvgIpc) is 2.70. The number of anilines is 1. The van der Waals surface area contributed by atoms with Crippen LogP contribution in [0.5, 0.6) is 5.75 Å². The molecule has 0 aliphatic carbocycles. The number of hydrogen-bond acceptors (Lipinski definition) is 5. The third kappa shape index (κ3) is 5.07. The standard InChI is InChI=1S/C20H20N2O5/c23-18(21-12-20(25)27-13-15-6-2-1-3-7-15)10-11-22-16-8-4-5-9-17(16)26-14-19(22)24/h1-9H,10-14H2,(H,21,23). The van der Waals surface area contributed by atoms with E-state index in [1.165, 1.54) is 4.90 Å². The van der Waals surface area contributed by atoms with E-state index in [2.05, 4.69) is 5.32 Å². The summed E-state index contributed by atoms with van der Waals surface area (Å²) in [6.45, 7) is 0.114. The van der Waals surface area contributed by atoms with Crippen molar-refractivity contribution in [1.82, 2.24) is 5.32 Å². The van der Waals surface area contributed by atoms with Crippen LogP contribution in [0.2, 0.25) is 0 Å². The van der Waals surface area contributed by atoms with E-state index in [1.54, 1.807) is 18.2 Å². The molecule has 0 radical (unpaired) electrons. The van der Waals surface area contributed by atoms with Crippen LogP contribution in [0.25, 0.3) is 0 Å². The van der Waals surface area contributed by atoms with E-state index in [1.807, 2.05) is 36.4 Å². The van der Waals surface area contributed by atoms with Crippen molar-refractivity contribution < 1.29 is 23.9 Å². The van der Waals surface area contributed by atoms with Gasteiger partial charge in [0.25, 0.3) is 5.91 Å². The quantitative estimate of drug-likeness (QED) is 0.752. The second-order valence-corrected chi connectivity index (χ2v) is 5.97. The maximum Gasteiger partial charge on any atom is 0.325 e. The number of ether oxygens (including phenoxy) is 2. The minimum atomic E-state index is -0.514. The first kappa shape index (κ1) is 18.4. The van der Waals surface area contributed by atoms with Crippen molar-refractivity contribution in [2.45, 2.75) is 13.0 Å². The third-order valence-corrected chi connectivity index (χ3v) is 4.04. The first-order chi connectivity index (χ1) is 13.1. The van der Waals surface area contributed by atoms with Gasteiger partial charge < -0.3 is 19.7 Å². The molecule has 2 amide bonds. The molecule has 2 aromatic carbocycles. The number of benzene rings is 2. The highest BCUT2D eigenvalue weighted by molar-refractivity contribution is 5.98. The van der Waals surface area contributed by atoms with E-state index in [9.17, 15) is 14.4 Å². The minimum absolute atomic E-state index is 0.0511. The molecule has 27 heavy (non-hydrogen) atoms. The number of amides is 2. The molecule has 0 fully saturated rings. The van der Waals surface area contributed by atoms with Crippen molar-refractivity contribution in [2.24, 2.45) is 0 Å². The summed E-state index contributed by atoms with van der Waals surface area (Å²) < 4.78 is 10.5. The summed E-state index contributed by atoms with van der Waals surface area (Å²) in [6, 6.07) is 16.5. The van der Waals surface area contributed by atoms with Crippen LogP contribution in [0.15, 0.2) is 54.6 Å². The smallest absolute Gasteiger partial charge is 0.325 e. The summed E-state index contributed by atoms with van der Waals surface area (Å²) in [7, 11) is 0. The number of nitrogens with one attached hydrogen (secondary N) is 1. The Labute approximate surface area is 156 Å². The zero-order valence-electron chi connectivity index (χ0n) is 14.7. The van der Waals surface area contributed by atoms with Gasteiger partial charge in [0.1, 0.15) is 18.9 Å². The third-order valence-electron chi connectivity index (χ3n) is 4.04. The molecule has 0 saturated carbocycles. The van der Waals surface area contributed by atoms with Crippen molar-refractivity contribution in [3.05, 3.63) is 60.2 Å².